The molecule has 0 aliphatic carbocycles. The van der Waals surface area contributed by atoms with E-state index in [0.29, 0.717) is 26.4 Å². The Balaban J connectivity index is 1.90. The molecule has 120 valence electrons. The van der Waals surface area contributed by atoms with Crippen LogP contribution >= 0.6 is 46.4 Å². The number of carbonyl (C=O) groups excluding carboxylic acids is 1. The molecule has 0 aliphatic rings. The summed E-state index contributed by atoms with van der Waals surface area (Å²) in [6.07, 6.45) is 1.36. The molecular weight excluding hydrogens is 382 g/mol. The first-order valence-corrected chi connectivity index (χ1v) is 7.83. The van der Waals surface area contributed by atoms with Crippen molar-refractivity contribution in [1.82, 2.24) is 5.43 Å². The van der Waals surface area contributed by atoms with E-state index in [1.165, 1.54) is 6.21 Å². The number of carbonyl (C=O) groups is 1. The number of amides is 1. The van der Waals surface area contributed by atoms with Crippen LogP contribution < -0.4 is 10.2 Å². The molecule has 2 aromatic carbocycles. The van der Waals surface area contributed by atoms with E-state index in [0.717, 1.165) is 0 Å². The van der Waals surface area contributed by atoms with Crippen molar-refractivity contribution in [3.63, 3.8) is 0 Å². The summed E-state index contributed by atoms with van der Waals surface area (Å²) in [4.78, 5) is 11.7. The summed E-state index contributed by atoms with van der Waals surface area (Å²) in [5.41, 5.74) is 2.81. The SMILES string of the molecule is O=C(COc1cccc(Cl)c1Cl)NN=Cc1c(Cl)cccc1Cl. The van der Waals surface area contributed by atoms with E-state index in [1.807, 2.05) is 0 Å². The second-order valence-corrected chi connectivity index (χ2v) is 5.87. The molecule has 4 nitrogen and oxygen atoms in total. The summed E-state index contributed by atoms with van der Waals surface area (Å²) in [6.45, 7) is -0.270. The highest BCUT2D eigenvalue weighted by Crippen LogP contribution is 2.31. The van der Waals surface area contributed by atoms with Gasteiger partial charge in [-0.15, -0.1) is 0 Å². The zero-order valence-electron chi connectivity index (χ0n) is 11.5. The van der Waals surface area contributed by atoms with Crippen LogP contribution in [0.4, 0.5) is 0 Å². The van der Waals surface area contributed by atoms with Crippen LogP contribution in [0.5, 0.6) is 5.75 Å². The van der Waals surface area contributed by atoms with Gasteiger partial charge in [-0.2, -0.15) is 5.10 Å². The van der Waals surface area contributed by atoms with Gasteiger partial charge in [0.2, 0.25) is 0 Å². The van der Waals surface area contributed by atoms with Crippen molar-refractivity contribution in [2.75, 3.05) is 6.61 Å². The van der Waals surface area contributed by atoms with Gasteiger partial charge in [0, 0.05) is 5.56 Å². The van der Waals surface area contributed by atoms with Crippen LogP contribution in [0.15, 0.2) is 41.5 Å². The molecule has 0 radical (unpaired) electrons. The lowest BCUT2D eigenvalue weighted by Crippen LogP contribution is -2.24. The molecule has 0 spiro atoms. The van der Waals surface area contributed by atoms with Crippen LogP contribution in [0.25, 0.3) is 0 Å². The first-order valence-electron chi connectivity index (χ1n) is 6.31. The van der Waals surface area contributed by atoms with Gasteiger partial charge in [-0.05, 0) is 24.3 Å². The van der Waals surface area contributed by atoms with E-state index < -0.39 is 5.91 Å². The molecule has 0 unspecified atom stereocenters. The third-order valence-electron chi connectivity index (χ3n) is 2.66. The van der Waals surface area contributed by atoms with E-state index >= 15 is 0 Å². The predicted molar refractivity (Wildman–Crippen MR) is 94.2 cm³/mol. The summed E-state index contributed by atoms with van der Waals surface area (Å²) in [5.74, 6) is -0.159. The highest BCUT2D eigenvalue weighted by molar-refractivity contribution is 6.43. The average molecular weight is 392 g/mol. The fraction of sp³-hybridized carbons (Fsp3) is 0.0667. The molecule has 0 bridgehead atoms. The molecule has 0 saturated carbocycles. The second-order valence-electron chi connectivity index (χ2n) is 4.27. The monoisotopic (exact) mass is 390 g/mol. The summed E-state index contributed by atoms with van der Waals surface area (Å²) in [7, 11) is 0. The standard InChI is InChI=1S/C15H10Cl4N2O2/c16-10-3-1-4-11(17)9(10)7-20-21-14(22)8-23-13-6-2-5-12(18)15(13)19/h1-7H,8H2,(H,21,22). The Hall–Kier alpha value is -1.46. The summed E-state index contributed by atoms with van der Waals surface area (Å²) in [5, 5.41) is 5.23. The van der Waals surface area contributed by atoms with Crippen molar-refractivity contribution in [3.8, 4) is 5.75 Å². The van der Waals surface area contributed by atoms with Crippen LogP contribution in [-0.2, 0) is 4.79 Å². The van der Waals surface area contributed by atoms with Crippen molar-refractivity contribution < 1.29 is 9.53 Å². The lowest BCUT2D eigenvalue weighted by molar-refractivity contribution is -0.123. The second kappa shape index (κ2) is 8.41. The van der Waals surface area contributed by atoms with Gasteiger partial charge in [-0.1, -0.05) is 58.5 Å². The fourth-order valence-electron chi connectivity index (χ4n) is 1.57. The molecule has 1 N–H and O–H groups in total. The third kappa shape index (κ3) is 5.01. The molecule has 0 atom stereocenters. The maximum absolute atomic E-state index is 11.7. The van der Waals surface area contributed by atoms with Crippen molar-refractivity contribution in [2.24, 2.45) is 5.10 Å². The number of nitrogens with one attached hydrogen (secondary N) is 1. The summed E-state index contributed by atoms with van der Waals surface area (Å²) < 4.78 is 5.28. The molecule has 0 aromatic heterocycles. The van der Waals surface area contributed by atoms with Crippen LogP contribution in [0.2, 0.25) is 20.1 Å². The van der Waals surface area contributed by atoms with Gasteiger partial charge in [-0.3, -0.25) is 4.79 Å². The van der Waals surface area contributed by atoms with Crippen LogP contribution in [-0.4, -0.2) is 18.7 Å². The minimum atomic E-state index is -0.472. The smallest absolute Gasteiger partial charge is 0.277 e. The zero-order chi connectivity index (χ0) is 16.8. The number of hydrazone groups is 1. The molecule has 2 rings (SSSR count). The molecule has 0 fully saturated rings. The maximum atomic E-state index is 11.7. The van der Waals surface area contributed by atoms with Crippen molar-refractivity contribution >= 4 is 58.5 Å². The van der Waals surface area contributed by atoms with Crippen molar-refractivity contribution in [3.05, 3.63) is 62.1 Å². The Labute approximate surface area is 152 Å². The average Bonchev–Trinajstić information content (AvgIpc) is 2.51. The highest BCUT2D eigenvalue weighted by Gasteiger charge is 2.08. The van der Waals surface area contributed by atoms with Gasteiger partial charge in [0.05, 0.1) is 21.3 Å². The van der Waals surface area contributed by atoms with Crippen LogP contribution in [0.1, 0.15) is 5.56 Å². The molecule has 23 heavy (non-hydrogen) atoms. The summed E-state index contributed by atoms with van der Waals surface area (Å²) >= 11 is 23.8. The van der Waals surface area contributed by atoms with E-state index in [1.54, 1.807) is 36.4 Å². The molecule has 0 saturated heterocycles. The molecule has 8 heteroatoms. The summed E-state index contributed by atoms with van der Waals surface area (Å²) in [6, 6.07) is 9.94. The van der Waals surface area contributed by atoms with Crippen LogP contribution in [0.3, 0.4) is 0 Å². The van der Waals surface area contributed by atoms with Gasteiger partial charge in [0.1, 0.15) is 10.8 Å². The Morgan fingerprint density at radius 1 is 1.04 bits per heavy atom. The van der Waals surface area contributed by atoms with Crippen molar-refractivity contribution in [1.29, 1.82) is 0 Å². The number of hydrogen-bond acceptors (Lipinski definition) is 3. The Morgan fingerprint density at radius 3 is 2.35 bits per heavy atom. The van der Waals surface area contributed by atoms with Gasteiger partial charge in [0.25, 0.3) is 5.91 Å². The van der Waals surface area contributed by atoms with Gasteiger partial charge in [0.15, 0.2) is 6.61 Å². The largest absolute Gasteiger partial charge is 0.482 e. The lowest BCUT2D eigenvalue weighted by Gasteiger charge is -2.07. The molecular formula is C15H10Cl4N2O2. The Bertz CT molecular complexity index is 730. The normalized spacial score (nSPS) is 10.8. The number of nitrogens with zero attached hydrogens (tertiary/aromatic N) is 1. The predicted octanol–water partition coefficient (Wildman–Crippen LogP) is 4.83. The van der Waals surface area contributed by atoms with Gasteiger partial charge < -0.3 is 4.74 Å². The Morgan fingerprint density at radius 2 is 1.65 bits per heavy atom. The molecule has 1 amide bonds. The highest BCUT2D eigenvalue weighted by atomic mass is 35.5. The Kier molecular flexibility index (Phi) is 6.54. The van der Waals surface area contributed by atoms with Gasteiger partial charge in [-0.25, -0.2) is 5.43 Å². The third-order valence-corrected chi connectivity index (χ3v) is 4.12. The number of benzene rings is 2. The molecule has 0 heterocycles. The maximum Gasteiger partial charge on any atom is 0.277 e. The number of hydrogen-bond donors (Lipinski definition) is 1. The lowest BCUT2D eigenvalue weighted by atomic mass is 10.2. The van der Waals surface area contributed by atoms with Gasteiger partial charge >= 0.3 is 0 Å². The van der Waals surface area contributed by atoms with E-state index in [4.69, 9.17) is 51.1 Å². The first-order chi connectivity index (χ1) is 11.0. The van der Waals surface area contributed by atoms with Crippen molar-refractivity contribution in [2.45, 2.75) is 0 Å². The minimum absolute atomic E-state index is 0.244. The minimum Gasteiger partial charge on any atom is -0.482 e. The molecule has 0 aliphatic heterocycles. The number of halogens is 4. The quantitative estimate of drug-likeness (QED) is 0.586. The first kappa shape index (κ1) is 17.9. The van der Waals surface area contributed by atoms with Crippen LogP contribution in [0, 0.1) is 0 Å². The topological polar surface area (TPSA) is 50.7 Å². The van der Waals surface area contributed by atoms with E-state index in [-0.39, 0.29) is 11.6 Å². The number of ether oxygens (including phenoxy) is 1. The van der Waals surface area contributed by atoms with E-state index in [2.05, 4.69) is 10.5 Å². The molecule has 2 aromatic rings. The number of rotatable bonds is 5. The van der Waals surface area contributed by atoms with E-state index in [9.17, 15) is 4.79 Å². The fourth-order valence-corrected chi connectivity index (χ4v) is 2.42. The zero-order valence-corrected chi connectivity index (χ0v) is 14.5.